The number of carboxylic acid groups (broad SMARTS) is 1. The van der Waals surface area contributed by atoms with Gasteiger partial charge in [0.1, 0.15) is 11.6 Å². The Labute approximate surface area is 146 Å². The maximum atomic E-state index is 12.3. The molecule has 0 spiro atoms. The van der Waals surface area contributed by atoms with Crippen LogP contribution >= 0.6 is 0 Å². The Kier molecular flexibility index (Phi) is 5.60. The van der Waals surface area contributed by atoms with Gasteiger partial charge in [0, 0.05) is 30.6 Å². The first-order chi connectivity index (χ1) is 11.7. The van der Waals surface area contributed by atoms with Crippen molar-refractivity contribution in [1.29, 1.82) is 0 Å². The van der Waals surface area contributed by atoms with Crippen LogP contribution in [0.2, 0.25) is 0 Å². The Morgan fingerprint density at radius 1 is 1.28 bits per heavy atom. The van der Waals surface area contributed by atoms with Gasteiger partial charge in [-0.1, -0.05) is 19.1 Å². The number of rotatable bonds is 6. The summed E-state index contributed by atoms with van der Waals surface area (Å²) < 4.78 is 0. The molecule has 2 rings (SSSR count). The normalized spacial score (nSPS) is 30.3. The minimum Gasteiger partial charge on any atom is -0.868 e. The predicted molar refractivity (Wildman–Crippen MR) is 87.3 cm³/mol. The van der Waals surface area contributed by atoms with Gasteiger partial charge in [0.25, 0.3) is 0 Å². The van der Waals surface area contributed by atoms with Crippen molar-refractivity contribution in [2.24, 2.45) is 17.3 Å². The fourth-order valence-corrected chi connectivity index (χ4v) is 4.07. The summed E-state index contributed by atoms with van der Waals surface area (Å²) in [5.41, 5.74) is -0.156. The monoisotopic (exact) mass is 347 g/mol. The second-order valence-corrected chi connectivity index (χ2v) is 7.21. The molecule has 2 fully saturated rings. The summed E-state index contributed by atoms with van der Waals surface area (Å²) in [6.45, 7) is 3.45. The number of Topliss-reactive ketones (excluding diaryl/α,β-unsaturated/α-hetero) is 3. The number of carbonyl (C=O) groups is 4. The average Bonchev–Trinajstić information content (AvgIpc) is 2.87. The molecule has 1 N–H and O–H groups in total. The molecule has 2 saturated carbocycles. The average molecular weight is 347 g/mol. The fraction of sp³-hybridized carbons (Fsp3) is 0.579. The van der Waals surface area contributed by atoms with Gasteiger partial charge < -0.3 is 10.2 Å². The maximum Gasteiger partial charge on any atom is 0.320 e. The molecule has 0 heterocycles. The van der Waals surface area contributed by atoms with E-state index in [1.54, 1.807) is 0 Å². The molecule has 6 heteroatoms. The highest BCUT2D eigenvalue weighted by Crippen LogP contribution is 2.52. The van der Waals surface area contributed by atoms with Crippen molar-refractivity contribution >= 4 is 23.3 Å². The van der Waals surface area contributed by atoms with Gasteiger partial charge in [-0.05, 0) is 43.4 Å². The van der Waals surface area contributed by atoms with Gasteiger partial charge >= 0.3 is 5.97 Å². The highest BCUT2D eigenvalue weighted by Gasteiger charge is 2.53. The highest BCUT2D eigenvalue weighted by atomic mass is 16.4. The molecule has 2 aliphatic carbocycles. The molecule has 3 atom stereocenters. The van der Waals surface area contributed by atoms with Crippen LogP contribution in [0.4, 0.5) is 0 Å². The van der Waals surface area contributed by atoms with E-state index >= 15 is 0 Å². The molecule has 0 aromatic carbocycles. The summed E-state index contributed by atoms with van der Waals surface area (Å²) in [6.07, 6.45) is 4.79. The molecule has 0 aromatic heterocycles. The Bertz CT molecular complexity index is 671. The molecule has 136 valence electrons. The topological polar surface area (TPSA) is 112 Å². The lowest BCUT2D eigenvalue weighted by Gasteiger charge is -2.39. The van der Waals surface area contributed by atoms with Crippen molar-refractivity contribution in [1.82, 2.24) is 0 Å². The van der Waals surface area contributed by atoms with E-state index in [9.17, 15) is 24.3 Å². The molecule has 0 aliphatic heterocycles. The van der Waals surface area contributed by atoms with Crippen molar-refractivity contribution in [2.45, 2.75) is 52.4 Å². The van der Waals surface area contributed by atoms with Crippen LogP contribution in [0.3, 0.4) is 0 Å². The van der Waals surface area contributed by atoms with Crippen LogP contribution in [-0.2, 0) is 19.2 Å². The molecule has 25 heavy (non-hydrogen) atoms. The van der Waals surface area contributed by atoms with Gasteiger partial charge in [-0.15, -0.1) is 0 Å². The summed E-state index contributed by atoms with van der Waals surface area (Å²) in [4.78, 5) is 47.1. The summed E-state index contributed by atoms with van der Waals surface area (Å²) in [6, 6.07) is 0. The number of carboxylic acids is 1. The maximum absolute atomic E-state index is 12.3. The SMILES string of the molecule is C/C(=C\C=C(/[O-])C(=O)O)C(=O)CCC1C(=O)CC[C@]2(C)C(=O)CC[C@@H]12. The Morgan fingerprint density at radius 3 is 2.60 bits per heavy atom. The second-order valence-electron chi connectivity index (χ2n) is 7.21. The molecule has 1 unspecified atom stereocenters. The van der Waals surface area contributed by atoms with E-state index in [-0.39, 0.29) is 41.2 Å². The molecule has 0 saturated heterocycles. The van der Waals surface area contributed by atoms with E-state index in [0.717, 1.165) is 6.08 Å². The minimum absolute atomic E-state index is 0.0125. The summed E-state index contributed by atoms with van der Waals surface area (Å²) in [7, 11) is 0. The zero-order valence-corrected chi connectivity index (χ0v) is 14.5. The Balaban J connectivity index is 2.02. The van der Waals surface area contributed by atoms with Crippen LogP contribution in [0, 0.1) is 17.3 Å². The molecule has 0 bridgehead atoms. The van der Waals surface area contributed by atoms with Crippen molar-refractivity contribution in [3.05, 3.63) is 23.5 Å². The van der Waals surface area contributed by atoms with E-state index < -0.39 is 17.1 Å². The van der Waals surface area contributed by atoms with Gasteiger partial charge in [0.2, 0.25) is 0 Å². The summed E-state index contributed by atoms with van der Waals surface area (Å²) in [5.74, 6) is -2.80. The zero-order chi connectivity index (χ0) is 18.8. The highest BCUT2D eigenvalue weighted by molar-refractivity contribution is 5.96. The minimum atomic E-state index is -1.57. The Morgan fingerprint density at radius 2 is 1.96 bits per heavy atom. The smallest absolute Gasteiger partial charge is 0.320 e. The lowest BCUT2D eigenvalue weighted by atomic mass is 9.62. The van der Waals surface area contributed by atoms with Crippen LogP contribution in [0.15, 0.2) is 23.5 Å². The van der Waals surface area contributed by atoms with Gasteiger partial charge in [0.15, 0.2) is 5.78 Å². The van der Waals surface area contributed by atoms with Crippen molar-refractivity contribution in [3.63, 3.8) is 0 Å². The third kappa shape index (κ3) is 3.89. The first-order valence-electron chi connectivity index (χ1n) is 8.55. The van der Waals surface area contributed by atoms with Gasteiger partial charge in [-0.25, -0.2) is 4.79 Å². The summed E-state index contributed by atoms with van der Waals surface area (Å²) in [5, 5.41) is 19.5. The summed E-state index contributed by atoms with van der Waals surface area (Å²) >= 11 is 0. The van der Waals surface area contributed by atoms with E-state index in [1.165, 1.54) is 13.0 Å². The third-order valence-corrected chi connectivity index (χ3v) is 5.75. The lowest BCUT2D eigenvalue weighted by molar-refractivity contribution is -0.302. The molecule has 6 nitrogen and oxygen atoms in total. The van der Waals surface area contributed by atoms with E-state index in [2.05, 4.69) is 0 Å². The largest absolute Gasteiger partial charge is 0.868 e. The Hall–Kier alpha value is -2.24. The number of aliphatic carboxylic acids is 1. The van der Waals surface area contributed by atoms with Gasteiger partial charge in [0.05, 0.1) is 0 Å². The van der Waals surface area contributed by atoms with E-state index in [0.29, 0.717) is 32.1 Å². The predicted octanol–water partition coefficient (Wildman–Crippen LogP) is 1.58. The zero-order valence-electron chi connectivity index (χ0n) is 14.5. The quantitative estimate of drug-likeness (QED) is 0.443. The molecular weight excluding hydrogens is 324 g/mol. The number of hydrogen-bond donors (Lipinski definition) is 1. The number of carbonyl (C=O) groups excluding carboxylic acids is 3. The molecule has 0 aromatic rings. The van der Waals surface area contributed by atoms with Crippen molar-refractivity contribution < 1.29 is 29.4 Å². The third-order valence-electron chi connectivity index (χ3n) is 5.75. The number of ketones is 3. The van der Waals surface area contributed by atoms with Crippen LogP contribution in [0.25, 0.3) is 0 Å². The molecular formula is C19H23O6-. The fourth-order valence-electron chi connectivity index (χ4n) is 4.07. The molecule has 0 radical (unpaired) electrons. The van der Waals surface area contributed by atoms with Gasteiger partial charge in [-0.2, -0.15) is 0 Å². The van der Waals surface area contributed by atoms with Gasteiger partial charge in [-0.3, -0.25) is 14.4 Å². The standard InChI is InChI=1S/C19H24O6/c1-11(3-6-16(22)18(24)25)14(20)7-4-12-13-5-8-17(23)19(13,2)10-9-15(12)21/h3,6,12-13,22H,4-5,7-10H2,1-2H3,(H,24,25)/p-1/b11-3+,16-6-/t12?,13-,19-/m0/s1. The van der Waals surface area contributed by atoms with Crippen LogP contribution in [0.5, 0.6) is 0 Å². The first-order valence-corrected chi connectivity index (χ1v) is 8.55. The lowest BCUT2D eigenvalue weighted by Crippen LogP contribution is -2.42. The second kappa shape index (κ2) is 7.33. The van der Waals surface area contributed by atoms with Crippen LogP contribution < -0.4 is 5.11 Å². The molecule has 0 amide bonds. The van der Waals surface area contributed by atoms with Crippen LogP contribution in [-0.4, -0.2) is 28.4 Å². The van der Waals surface area contributed by atoms with E-state index in [4.69, 9.17) is 5.11 Å². The van der Waals surface area contributed by atoms with E-state index in [1.807, 2.05) is 6.92 Å². The molecule has 2 aliphatic rings. The first kappa shape index (κ1) is 19.1. The van der Waals surface area contributed by atoms with Crippen LogP contribution in [0.1, 0.15) is 52.4 Å². The number of fused-ring (bicyclic) bond motifs is 1. The van der Waals surface area contributed by atoms with Crippen molar-refractivity contribution in [3.8, 4) is 0 Å². The number of allylic oxidation sites excluding steroid dienone is 3. The number of hydrogen-bond acceptors (Lipinski definition) is 5. The van der Waals surface area contributed by atoms with Crippen molar-refractivity contribution in [2.75, 3.05) is 0 Å².